The summed E-state index contributed by atoms with van der Waals surface area (Å²) in [7, 11) is 0.972. The maximum absolute atomic E-state index is 9.36. The first-order chi connectivity index (χ1) is 7.74. The molecule has 1 heterocycles. The summed E-state index contributed by atoms with van der Waals surface area (Å²) in [6, 6.07) is 0.869. The van der Waals surface area contributed by atoms with Gasteiger partial charge in [0.1, 0.15) is 0 Å². The molecule has 1 saturated carbocycles. The minimum atomic E-state index is -2.31. The SMILES string of the molecule is CO[Si](CO)(CCC1CCCC2OC12)OC. The third-order valence-electron chi connectivity index (χ3n) is 4.03. The van der Waals surface area contributed by atoms with Gasteiger partial charge in [-0.1, -0.05) is 6.42 Å². The molecular formula is C11H22O4Si. The minimum absolute atomic E-state index is 0.0433. The van der Waals surface area contributed by atoms with Crippen LogP contribution in [-0.4, -0.2) is 46.3 Å². The van der Waals surface area contributed by atoms with Gasteiger partial charge in [-0.3, -0.25) is 0 Å². The van der Waals surface area contributed by atoms with Gasteiger partial charge in [0.25, 0.3) is 0 Å². The molecule has 2 fully saturated rings. The van der Waals surface area contributed by atoms with Gasteiger partial charge in [0, 0.05) is 14.2 Å². The van der Waals surface area contributed by atoms with Crippen LogP contribution in [0.2, 0.25) is 6.04 Å². The van der Waals surface area contributed by atoms with E-state index in [1.54, 1.807) is 14.2 Å². The summed E-state index contributed by atoms with van der Waals surface area (Å²) in [5.41, 5.74) is 0. The highest BCUT2D eigenvalue weighted by Gasteiger charge is 2.48. The summed E-state index contributed by atoms with van der Waals surface area (Å²) in [5, 5.41) is 9.36. The van der Waals surface area contributed by atoms with Gasteiger partial charge in [-0.2, -0.15) is 0 Å². The number of rotatable bonds is 6. The van der Waals surface area contributed by atoms with Gasteiger partial charge in [-0.25, -0.2) is 0 Å². The molecule has 0 aromatic heterocycles. The average Bonchev–Trinajstić information content (AvgIpc) is 3.11. The topological polar surface area (TPSA) is 51.2 Å². The second-order valence-corrected chi connectivity index (χ2v) is 8.30. The maximum Gasteiger partial charge on any atom is 0.364 e. The molecule has 1 aliphatic heterocycles. The number of ether oxygens (including phenoxy) is 1. The number of hydrogen-bond acceptors (Lipinski definition) is 4. The number of aliphatic hydroxyl groups excluding tert-OH is 1. The molecule has 16 heavy (non-hydrogen) atoms. The number of hydrogen-bond donors (Lipinski definition) is 1. The molecule has 1 N–H and O–H groups in total. The van der Waals surface area contributed by atoms with Crippen LogP contribution >= 0.6 is 0 Å². The summed E-state index contributed by atoms with van der Waals surface area (Å²) in [6.45, 7) is 0. The van der Waals surface area contributed by atoms with E-state index in [2.05, 4.69) is 0 Å². The zero-order chi connectivity index (χ0) is 11.6. The molecule has 4 nitrogen and oxygen atoms in total. The van der Waals surface area contributed by atoms with E-state index in [4.69, 9.17) is 13.6 Å². The molecule has 0 radical (unpaired) electrons. The van der Waals surface area contributed by atoms with Crippen LogP contribution in [0.1, 0.15) is 25.7 Å². The Balaban J connectivity index is 1.81. The van der Waals surface area contributed by atoms with Gasteiger partial charge in [0.15, 0.2) is 0 Å². The maximum atomic E-state index is 9.36. The summed E-state index contributed by atoms with van der Waals surface area (Å²) in [6.07, 6.45) is 5.90. The van der Waals surface area contributed by atoms with E-state index in [1.807, 2.05) is 0 Å². The van der Waals surface area contributed by atoms with Crippen molar-refractivity contribution in [3.63, 3.8) is 0 Å². The fraction of sp³-hybridized carbons (Fsp3) is 1.00. The lowest BCUT2D eigenvalue weighted by Gasteiger charge is -2.27. The largest absolute Gasteiger partial charge is 0.396 e. The first kappa shape index (κ1) is 12.5. The second kappa shape index (κ2) is 5.14. The van der Waals surface area contributed by atoms with E-state index in [1.165, 1.54) is 19.3 Å². The Morgan fingerprint density at radius 1 is 1.31 bits per heavy atom. The van der Waals surface area contributed by atoms with Crippen molar-refractivity contribution in [2.45, 2.75) is 43.9 Å². The van der Waals surface area contributed by atoms with Crippen LogP contribution in [0.25, 0.3) is 0 Å². The Kier molecular flexibility index (Phi) is 4.02. The molecule has 1 saturated heterocycles. The zero-order valence-corrected chi connectivity index (χ0v) is 11.1. The number of fused-ring (bicyclic) bond motifs is 1. The standard InChI is InChI=1S/C11H22O4Si/c1-13-16(8-12,14-2)7-6-9-4-3-5-10-11(9)15-10/h9-12H,3-8H2,1-2H3. The van der Waals surface area contributed by atoms with Gasteiger partial charge in [-0.05, 0) is 31.2 Å². The number of epoxide rings is 1. The van der Waals surface area contributed by atoms with Crippen molar-refractivity contribution >= 4 is 8.56 Å². The Morgan fingerprint density at radius 2 is 2.06 bits per heavy atom. The van der Waals surface area contributed by atoms with Crippen LogP contribution in [0.4, 0.5) is 0 Å². The molecule has 0 aromatic carbocycles. The Hall–Kier alpha value is 0.0569. The van der Waals surface area contributed by atoms with Gasteiger partial charge in [0.2, 0.25) is 0 Å². The summed E-state index contributed by atoms with van der Waals surface area (Å²) < 4.78 is 16.4. The molecule has 3 unspecified atom stereocenters. The van der Waals surface area contributed by atoms with Crippen LogP contribution in [0.15, 0.2) is 0 Å². The first-order valence-electron chi connectivity index (χ1n) is 6.11. The quantitative estimate of drug-likeness (QED) is 0.565. The minimum Gasteiger partial charge on any atom is -0.396 e. The fourth-order valence-electron chi connectivity index (χ4n) is 2.76. The van der Waals surface area contributed by atoms with E-state index in [9.17, 15) is 5.11 Å². The predicted octanol–water partition coefficient (Wildman–Crippen LogP) is 1.21. The highest BCUT2D eigenvalue weighted by molar-refractivity contribution is 6.67. The van der Waals surface area contributed by atoms with Crippen molar-refractivity contribution in [2.24, 2.45) is 5.92 Å². The van der Waals surface area contributed by atoms with Gasteiger partial charge in [-0.15, -0.1) is 0 Å². The number of aliphatic hydroxyl groups is 1. The Morgan fingerprint density at radius 3 is 2.69 bits per heavy atom. The van der Waals surface area contributed by atoms with Crippen molar-refractivity contribution in [3.05, 3.63) is 0 Å². The molecular weight excluding hydrogens is 224 g/mol. The van der Waals surface area contributed by atoms with Crippen molar-refractivity contribution in [1.82, 2.24) is 0 Å². The lowest BCUT2D eigenvalue weighted by molar-refractivity contribution is 0.191. The van der Waals surface area contributed by atoms with E-state index in [0.29, 0.717) is 18.1 Å². The third-order valence-corrected chi connectivity index (χ3v) is 7.05. The first-order valence-corrected chi connectivity index (χ1v) is 8.34. The lowest BCUT2D eigenvalue weighted by atomic mass is 9.87. The van der Waals surface area contributed by atoms with Crippen molar-refractivity contribution in [3.8, 4) is 0 Å². The average molecular weight is 246 g/mol. The van der Waals surface area contributed by atoms with E-state index >= 15 is 0 Å². The van der Waals surface area contributed by atoms with E-state index in [-0.39, 0.29) is 6.23 Å². The van der Waals surface area contributed by atoms with Crippen LogP contribution in [0.5, 0.6) is 0 Å². The zero-order valence-electron chi connectivity index (χ0n) is 10.1. The van der Waals surface area contributed by atoms with Crippen LogP contribution < -0.4 is 0 Å². The molecule has 94 valence electrons. The molecule has 2 aliphatic rings. The molecule has 0 aromatic rings. The molecule has 1 aliphatic carbocycles. The predicted molar refractivity (Wildman–Crippen MR) is 62.3 cm³/mol. The van der Waals surface area contributed by atoms with Gasteiger partial charge in [0.05, 0.1) is 18.4 Å². The highest BCUT2D eigenvalue weighted by atomic mass is 28.4. The lowest BCUT2D eigenvalue weighted by Crippen LogP contribution is -2.45. The normalized spacial score (nSPS) is 33.6. The molecule has 0 spiro atoms. The van der Waals surface area contributed by atoms with Crippen molar-refractivity contribution < 1.29 is 18.7 Å². The smallest absolute Gasteiger partial charge is 0.364 e. The summed E-state index contributed by atoms with van der Waals surface area (Å²) in [5.74, 6) is 0.655. The van der Waals surface area contributed by atoms with Gasteiger partial charge >= 0.3 is 8.56 Å². The van der Waals surface area contributed by atoms with E-state index < -0.39 is 8.56 Å². The van der Waals surface area contributed by atoms with Crippen molar-refractivity contribution in [1.29, 1.82) is 0 Å². The summed E-state index contributed by atoms with van der Waals surface area (Å²) >= 11 is 0. The highest BCUT2D eigenvalue weighted by Crippen LogP contribution is 2.43. The summed E-state index contributed by atoms with van der Waals surface area (Å²) in [4.78, 5) is 0. The van der Waals surface area contributed by atoms with Crippen LogP contribution in [0, 0.1) is 5.92 Å². The van der Waals surface area contributed by atoms with Crippen LogP contribution in [0.3, 0.4) is 0 Å². The Labute approximate surface area is 98.1 Å². The third kappa shape index (κ3) is 2.48. The molecule has 2 rings (SSSR count). The van der Waals surface area contributed by atoms with Crippen LogP contribution in [-0.2, 0) is 13.6 Å². The van der Waals surface area contributed by atoms with Gasteiger partial charge < -0.3 is 18.7 Å². The van der Waals surface area contributed by atoms with Crippen molar-refractivity contribution in [2.75, 3.05) is 20.4 Å². The Bertz CT molecular complexity index is 224. The van der Waals surface area contributed by atoms with E-state index in [0.717, 1.165) is 12.5 Å². The molecule has 0 amide bonds. The molecule has 0 bridgehead atoms. The fourth-order valence-corrected chi connectivity index (χ4v) is 4.56. The second-order valence-electron chi connectivity index (χ2n) is 4.85. The molecule has 3 atom stereocenters. The monoisotopic (exact) mass is 246 g/mol. The molecule has 5 heteroatoms.